The summed E-state index contributed by atoms with van der Waals surface area (Å²) in [6.45, 7) is 3.27. The average molecular weight is 319 g/mol. The predicted molar refractivity (Wildman–Crippen MR) is 88.1 cm³/mol. The highest BCUT2D eigenvalue weighted by atomic mass is 35.5. The van der Waals surface area contributed by atoms with E-state index in [1.165, 1.54) is 0 Å². The van der Waals surface area contributed by atoms with Crippen molar-refractivity contribution in [1.29, 1.82) is 0 Å². The number of nitrogens with one attached hydrogen (secondary N) is 2. The number of amides is 1. The number of halogens is 1. The first-order valence-electron chi connectivity index (χ1n) is 7.29. The maximum Gasteiger partial charge on any atom is 0.270 e. The molecular weight excluding hydrogens is 300 g/mol. The smallest absolute Gasteiger partial charge is 0.270 e. The van der Waals surface area contributed by atoms with Crippen molar-refractivity contribution < 1.29 is 4.79 Å². The van der Waals surface area contributed by atoms with Gasteiger partial charge >= 0.3 is 0 Å². The molecule has 0 fully saturated rings. The van der Waals surface area contributed by atoms with Crippen molar-refractivity contribution in [3.8, 4) is 0 Å². The number of aromatic nitrogens is 2. The van der Waals surface area contributed by atoms with Crippen LogP contribution in [0.5, 0.6) is 0 Å². The molecule has 116 valence electrons. The average Bonchev–Trinajstić information content (AvgIpc) is 2.54. The monoisotopic (exact) mass is 318 g/mol. The van der Waals surface area contributed by atoms with Crippen LogP contribution in [0.4, 0.5) is 5.95 Å². The summed E-state index contributed by atoms with van der Waals surface area (Å²) in [5.41, 5.74) is 1.20. The molecule has 0 unspecified atom stereocenters. The van der Waals surface area contributed by atoms with Crippen LogP contribution in [-0.2, 0) is 6.54 Å². The molecule has 1 heterocycles. The Labute approximate surface area is 135 Å². The third-order valence-corrected chi connectivity index (χ3v) is 3.47. The standard InChI is InChI=1S/C16H19ClN4O/c1-2-3-9-18-16-19-10-8-14(21-16)15(22)20-11-12-6-4-5-7-13(12)17/h4-8,10H,2-3,9,11H2,1H3,(H,20,22)(H,18,19,21). The lowest BCUT2D eigenvalue weighted by Gasteiger charge is -2.08. The van der Waals surface area contributed by atoms with Crippen LogP contribution in [0.2, 0.25) is 5.02 Å². The molecule has 2 N–H and O–H groups in total. The Kier molecular flexibility index (Phi) is 6.15. The van der Waals surface area contributed by atoms with Gasteiger partial charge in [-0.2, -0.15) is 0 Å². The van der Waals surface area contributed by atoms with E-state index in [1.807, 2.05) is 18.2 Å². The fraction of sp³-hybridized carbons (Fsp3) is 0.312. The van der Waals surface area contributed by atoms with E-state index in [0.717, 1.165) is 24.9 Å². The summed E-state index contributed by atoms with van der Waals surface area (Å²) >= 11 is 6.06. The molecule has 5 nitrogen and oxygen atoms in total. The van der Waals surface area contributed by atoms with Crippen LogP contribution >= 0.6 is 11.6 Å². The number of nitrogens with zero attached hydrogens (tertiary/aromatic N) is 2. The minimum Gasteiger partial charge on any atom is -0.354 e. The van der Waals surface area contributed by atoms with E-state index in [1.54, 1.807) is 18.3 Å². The lowest BCUT2D eigenvalue weighted by atomic mass is 10.2. The number of carbonyl (C=O) groups excluding carboxylic acids is 1. The molecule has 1 amide bonds. The van der Waals surface area contributed by atoms with Crippen LogP contribution in [0.3, 0.4) is 0 Å². The van der Waals surface area contributed by atoms with Gasteiger partial charge in [-0.1, -0.05) is 43.1 Å². The number of rotatable bonds is 7. The first kappa shape index (κ1) is 16.2. The minimum absolute atomic E-state index is 0.249. The molecule has 2 rings (SSSR count). The summed E-state index contributed by atoms with van der Waals surface area (Å²) in [6.07, 6.45) is 3.70. The van der Waals surface area contributed by atoms with Crippen molar-refractivity contribution in [2.24, 2.45) is 0 Å². The molecule has 0 aliphatic rings. The second-order valence-corrected chi connectivity index (χ2v) is 5.23. The fourth-order valence-electron chi connectivity index (χ4n) is 1.86. The van der Waals surface area contributed by atoms with Crippen LogP contribution in [-0.4, -0.2) is 22.4 Å². The molecule has 6 heteroatoms. The molecule has 0 radical (unpaired) electrons. The van der Waals surface area contributed by atoms with Crippen molar-refractivity contribution in [3.63, 3.8) is 0 Å². The Morgan fingerprint density at radius 2 is 2.09 bits per heavy atom. The number of unbranched alkanes of at least 4 members (excludes halogenated alkanes) is 1. The van der Waals surface area contributed by atoms with E-state index in [-0.39, 0.29) is 5.91 Å². The highest BCUT2D eigenvalue weighted by Crippen LogP contribution is 2.14. The Balaban J connectivity index is 1.95. The summed E-state index contributed by atoms with van der Waals surface area (Å²) in [6, 6.07) is 9.00. The molecular formula is C16H19ClN4O. The van der Waals surface area contributed by atoms with E-state index in [2.05, 4.69) is 27.5 Å². The summed E-state index contributed by atoms with van der Waals surface area (Å²) in [4.78, 5) is 20.5. The van der Waals surface area contributed by atoms with Gasteiger partial charge in [-0.25, -0.2) is 9.97 Å². The molecule has 0 saturated heterocycles. The number of hydrogen-bond donors (Lipinski definition) is 2. The van der Waals surface area contributed by atoms with Crippen molar-refractivity contribution in [1.82, 2.24) is 15.3 Å². The van der Waals surface area contributed by atoms with E-state index in [0.29, 0.717) is 23.2 Å². The van der Waals surface area contributed by atoms with Crippen LogP contribution < -0.4 is 10.6 Å². The highest BCUT2D eigenvalue weighted by Gasteiger charge is 2.09. The maximum atomic E-state index is 12.1. The number of carbonyl (C=O) groups is 1. The molecule has 0 bridgehead atoms. The van der Waals surface area contributed by atoms with Gasteiger partial charge in [-0.05, 0) is 24.1 Å². The summed E-state index contributed by atoms with van der Waals surface area (Å²) < 4.78 is 0. The van der Waals surface area contributed by atoms with Gasteiger partial charge < -0.3 is 10.6 Å². The first-order chi connectivity index (χ1) is 10.7. The normalized spacial score (nSPS) is 10.3. The SMILES string of the molecule is CCCCNc1nccc(C(=O)NCc2ccccc2Cl)n1. The summed E-state index contributed by atoms with van der Waals surface area (Å²) in [7, 11) is 0. The van der Waals surface area contributed by atoms with Gasteiger partial charge in [0.2, 0.25) is 5.95 Å². The Morgan fingerprint density at radius 3 is 2.86 bits per heavy atom. The van der Waals surface area contributed by atoms with E-state index < -0.39 is 0 Å². The lowest BCUT2D eigenvalue weighted by molar-refractivity contribution is 0.0946. The van der Waals surface area contributed by atoms with E-state index in [9.17, 15) is 4.79 Å². The van der Waals surface area contributed by atoms with Crippen LogP contribution in [0, 0.1) is 0 Å². The zero-order valence-electron chi connectivity index (χ0n) is 12.5. The molecule has 0 aliphatic carbocycles. The Bertz CT molecular complexity index is 633. The topological polar surface area (TPSA) is 66.9 Å². The maximum absolute atomic E-state index is 12.1. The number of benzene rings is 1. The molecule has 1 aromatic heterocycles. The van der Waals surface area contributed by atoms with Gasteiger partial charge in [0, 0.05) is 24.3 Å². The third kappa shape index (κ3) is 4.70. The van der Waals surface area contributed by atoms with Crippen molar-refractivity contribution in [2.75, 3.05) is 11.9 Å². The molecule has 0 saturated carbocycles. The van der Waals surface area contributed by atoms with Crippen LogP contribution in [0.1, 0.15) is 35.8 Å². The molecule has 0 spiro atoms. The predicted octanol–water partition coefficient (Wildman–Crippen LogP) is 3.27. The van der Waals surface area contributed by atoms with Crippen molar-refractivity contribution in [3.05, 3.63) is 52.8 Å². The van der Waals surface area contributed by atoms with Gasteiger partial charge in [0.05, 0.1) is 0 Å². The summed E-state index contributed by atoms with van der Waals surface area (Å²) in [5.74, 6) is 0.222. The van der Waals surface area contributed by atoms with Gasteiger partial charge in [0.15, 0.2) is 0 Å². The van der Waals surface area contributed by atoms with Gasteiger partial charge in [0.1, 0.15) is 5.69 Å². The Morgan fingerprint density at radius 1 is 1.27 bits per heavy atom. The van der Waals surface area contributed by atoms with Gasteiger partial charge in [0.25, 0.3) is 5.91 Å². The molecule has 0 atom stereocenters. The molecule has 1 aromatic carbocycles. The zero-order chi connectivity index (χ0) is 15.8. The molecule has 0 aliphatic heterocycles. The number of hydrogen-bond acceptors (Lipinski definition) is 4. The summed E-state index contributed by atoms with van der Waals surface area (Å²) in [5, 5.41) is 6.54. The largest absolute Gasteiger partial charge is 0.354 e. The fourth-order valence-corrected chi connectivity index (χ4v) is 2.06. The molecule has 2 aromatic rings. The highest BCUT2D eigenvalue weighted by molar-refractivity contribution is 6.31. The van der Waals surface area contributed by atoms with Crippen molar-refractivity contribution >= 4 is 23.5 Å². The quantitative estimate of drug-likeness (QED) is 0.769. The van der Waals surface area contributed by atoms with E-state index in [4.69, 9.17) is 11.6 Å². The Hall–Kier alpha value is -2.14. The second-order valence-electron chi connectivity index (χ2n) is 4.82. The van der Waals surface area contributed by atoms with Crippen LogP contribution in [0.25, 0.3) is 0 Å². The minimum atomic E-state index is -0.249. The second kappa shape index (κ2) is 8.34. The third-order valence-electron chi connectivity index (χ3n) is 3.10. The van der Waals surface area contributed by atoms with Crippen molar-refractivity contribution in [2.45, 2.75) is 26.3 Å². The molecule has 22 heavy (non-hydrogen) atoms. The number of anilines is 1. The van der Waals surface area contributed by atoms with E-state index >= 15 is 0 Å². The first-order valence-corrected chi connectivity index (χ1v) is 7.67. The lowest BCUT2D eigenvalue weighted by Crippen LogP contribution is -2.24. The van der Waals surface area contributed by atoms with Crippen LogP contribution in [0.15, 0.2) is 36.5 Å². The van der Waals surface area contributed by atoms with Gasteiger partial charge in [-0.15, -0.1) is 0 Å². The van der Waals surface area contributed by atoms with Gasteiger partial charge in [-0.3, -0.25) is 4.79 Å². The zero-order valence-corrected chi connectivity index (χ0v) is 13.2.